The first-order chi connectivity index (χ1) is 14.7. The Hall–Kier alpha value is -4.05. The van der Waals surface area contributed by atoms with E-state index < -0.39 is 18.5 Å². The lowest BCUT2D eigenvalue weighted by Crippen LogP contribution is -2.35. The lowest BCUT2D eigenvalue weighted by molar-refractivity contribution is -0.121. The van der Waals surface area contributed by atoms with Gasteiger partial charge in [-0.3, -0.25) is 4.79 Å². The van der Waals surface area contributed by atoms with Crippen LogP contribution in [0.15, 0.2) is 77.4 Å². The first kappa shape index (κ1) is 20.7. The fourth-order valence-electron chi connectivity index (χ4n) is 2.74. The molecule has 1 heterocycles. The van der Waals surface area contributed by atoms with Crippen LogP contribution in [0.25, 0.3) is 0 Å². The second kappa shape index (κ2) is 10.5. The molecule has 0 atom stereocenters. The van der Waals surface area contributed by atoms with Gasteiger partial charge in [0.05, 0.1) is 18.8 Å². The van der Waals surface area contributed by atoms with Gasteiger partial charge in [0.15, 0.2) is 6.61 Å². The van der Waals surface area contributed by atoms with Gasteiger partial charge in [-0.1, -0.05) is 36.4 Å². The fraction of sp³-hybridized carbons (Fsp3) is 0.174. The number of benzene rings is 2. The molecule has 3 rings (SSSR count). The molecule has 2 aromatic carbocycles. The number of hydrogen-bond donors (Lipinski definition) is 0. The molecule has 3 aromatic rings. The van der Waals surface area contributed by atoms with Crippen LogP contribution in [0.1, 0.15) is 22.5 Å². The van der Waals surface area contributed by atoms with E-state index in [1.807, 2.05) is 30.3 Å². The van der Waals surface area contributed by atoms with Crippen molar-refractivity contribution in [3.05, 3.63) is 84.3 Å². The fourth-order valence-corrected chi connectivity index (χ4v) is 2.74. The average molecular weight is 404 g/mol. The Morgan fingerprint density at radius 1 is 1.00 bits per heavy atom. The maximum absolute atomic E-state index is 12.6. The Morgan fingerprint density at radius 2 is 1.70 bits per heavy atom. The number of carbonyl (C=O) groups excluding carboxylic acids is 2. The molecule has 1 amide bonds. The second-order valence-corrected chi connectivity index (χ2v) is 6.24. The van der Waals surface area contributed by atoms with Crippen molar-refractivity contribution in [3.63, 3.8) is 0 Å². The number of nitrogens with zero attached hydrogens (tertiary/aromatic N) is 2. The van der Waals surface area contributed by atoms with E-state index in [1.54, 1.807) is 42.5 Å². The van der Waals surface area contributed by atoms with Crippen LogP contribution in [-0.4, -0.2) is 25.0 Å². The van der Waals surface area contributed by atoms with E-state index in [4.69, 9.17) is 19.2 Å². The molecule has 0 N–H and O–H groups in total. The Morgan fingerprint density at radius 3 is 2.40 bits per heavy atom. The minimum atomic E-state index is -0.756. The van der Waals surface area contributed by atoms with Gasteiger partial charge >= 0.3 is 5.97 Å². The normalized spacial score (nSPS) is 10.1. The summed E-state index contributed by atoms with van der Waals surface area (Å²) < 4.78 is 16.0. The highest BCUT2D eigenvalue weighted by Gasteiger charge is 2.21. The molecule has 0 spiro atoms. The van der Waals surface area contributed by atoms with Crippen LogP contribution in [0.3, 0.4) is 0 Å². The minimum Gasteiger partial charge on any atom is -0.489 e. The van der Waals surface area contributed by atoms with Crippen molar-refractivity contribution in [1.29, 1.82) is 5.26 Å². The first-order valence-electron chi connectivity index (χ1n) is 9.32. The van der Waals surface area contributed by atoms with Crippen LogP contribution in [0.2, 0.25) is 0 Å². The monoisotopic (exact) mass is 404 g/mol. The molecule has 7 nitrogen and oxygen atoms in total. The van der Waals surface area contributed by atoms with E-state index in [9.17, 15) is 9.59 Å². The third-order valence-electron chi connectivity index (χ3n) is 4.21. The number of esters is 1. The van der Waals surface area contributed by atoms with Crippen LogP contribution < -0.4 is 9.64 Å². The zero-order valence-electron chi connectivity index (χ0n) is 16.2. The van der Waals surface area contributed by atoms with Crippen molar-refractivity contribution in [1.82, 2.24) is 0 Å². The maximum Gasteiger partial charge on any atom is 0.375 e. The zero-order valence-corrected chi connectivity index (χ0v) is 16.2. The van der Waals surface area contributed by atoms with Crippen molar-refractivity contribution in [3.8, 4) is 11.8 Å². The van der Waals surface area contributed by atoms with Gasteiger partial charge in [0.1, 0.15) is 12.4 Å². The van der Waals surface area contributed by atoms with E-state index in [0.717, 1.165) is 0 Å². The molecule has 0 aliphatic carbocycles. The van der Waals surface area contributed by atoms with E-state index in [-0.39, 0.29) is 25.3 Å². The van der Waals surface area contributed by atoms with Gasteiger partial charge in [-0.15, -0.1) is 0 Å². The number of carbonyl (C=O) groups is 2. The number of anilines is 1. The molecule has 0 bridgehead atoms. The number of hydrogen-bond acceptors (Lipinski definition) is 6. The van der Waals surface area contributed by atoms with Crippen molar-refractivity contribution < 1.29 is 23.5 Å². The second-order valence-electron chi connectivity index (χ2n) is 6.24. The quantitative estimate of drug-likeness (QED) is 0.501. The van der Waals surface area contributed by atoms with Crippen LogP contribution in [0, 0.1) is 11.3 Å². The van der Waals surface area contributed by atoms with Crippen LogP contribution in [0.4, 0.5) is 5.69 Å². The van der Waals surface area contributed by atoms with E-state index in [0.29, 0.717) is 17.0 Å². The highest BCUT2D eigenvalue weighted by atomic mass is 16.5. The van der Waals surface area contributed by atoms with Crippen LogP contribution in [0.5, 0.6) is 5.75 Å². The van der Waals surface area contributed by atoms with Gasteiger partial charge in [0.2, 0.25) is 5.76 Å². The topological polar surface area (TPSA) is 92.8 Å². The van der Waals surface area contributed by atoms with E-state index >= 15 is 0 Å². The lowest BCUT2D eigenvalue weighted by Gasteiger charge is -2.21. The van der Waals surface area contributed by atoms with Crippen molar-refractivity contribution in [2.24, 2.45) is 0 Å². The summed E-state index contributed by atoms with van der Waals surface area (Å²) in [5.41, 5.74) is 1.14. The van der Waals surface area contributed by atoms with Gasteiger partial charge < -0.3 is 18.8 Å². The highest BCUT2D eigenvalue weighted by Crippen LogP contribution is 2.18. The Kier molecular flexibility index (Phi) is 7.23. The van der Waals surface area contributed by atoms with Crippen LogP contribution in [-0.2, 0) is 16.1 Å². The molecule has 1 aromatic heterocycles. The SMILES string of the molecule is N#CCCN(C(=O)COC(=O)c1occc1COc1ccccc1)c1ccccc1. The van der Waals surface area contributed by atoms with Gasteiger partial charge in [-0.05, 0) is 30.3 Å². The summed E-state index contributed by atoms with van der Waals surface area (Å²) in [4.78, 5) is 26.4. The molecular formula is C23H20N2O5. The smallest absolute Gasteiger partial charge is 0.375 e. The number of furan rings is 1. The number of para-hydroxylation sites is 2. The Balaban J connectivity index is 1.60. The number of amides is 1. The minimum absolute atomic E-state index is 0.0120. The number of rotatable bonds is 9. The third kappa shape index (κ3) is 5.49. The summed E-state index contributed by atoms with van der Waals surface area (Å²) in [5.74, 6) is -0.544. The maximum atomic E-state index is 12.6. The average Bonchev–Trinajstić information content (AvgIpc) is 3.26. The third-order valence-corrected chi connectivity index (χ3v) is 4.21. The molecule has 0 unspecified atom stereocenters. The lowest BCUT2D eigenvalue weighted by atomic mass is 10.2. The standard InChI is InChI=1S/C23H20N2O5/c24-13-7-14-25(19-8-3-1-4-9-19)21(26)17-30-23(27)22-18(12-15-28-22)16-29-20-10-5-2-6-11-20/h1-6,8-12,15H,7,14,16-17H2. The predicted molar refractivity (Wildman–Crippen MR) is 109 cm³/mol. The van der Waals surface area contributed by atoms with Crippen molar-refractivity contribution in [2.75, 3.05) is 18.1 Å². The highest BCUT2D eigenvalue weighted by molar-refractivity contribution is 5.96. The largest absolute Gasteiger partial charge is 0.489 e. The molecule has 7 heteroatoms. The molecule has 0 fully saturated rings. The Bertz CT molecular complexity index is 1010. The molecule has 30 heavy (non-hydrogen) atoms. The molecular weight excluding hydrogens is 384 g/mol. The van der Waals surface area contributed by atoms with E-state index in [1.165, 1.54) is 11.2 Å². The summed E-state index contributed by atoms with van der Waals surface area (Å²) in [6.45, 7) is -0.149. The zero-order chi connectivity index (χ0) is 21.2. The van der Waals surface area contributed by atoms with Gasteiger partial charge in [0, 0.05) is 17.8 Å². The molecule has 0 saturated heterocycles. The van der Waals surface area contributed by atoms with Gasteiger partial charge in [-0.2, -0.15) is 5.26 Å². The summed E-state index contributed by atoms with van der Waals surface area (Å²) in [6, 6.07) is 21.7. The van der Waals surface area contributed by atoms with Gasteiger partial charge in [0.25, 0.3) is 5.91 Å². The number of ether oxygens (including phenoxy) is 2. The summed E-state index contributed by atoms with van der Waals surface area (Å²) >= 11 is 0. The summed E-state index contributed by atoms with van der Waals surface area (Å²) in [7, 11) is 0. The molecule has 0 aliphatic rings. The van der Waals surface area contributed by atoms with E-state index in [2.05, 4.69) is 0 Å². The molecule has 0 aliphatic heterocycles. The van der Waals surface area contributed by atoms with Crippen molar-refractivity contribution in [2.45, 2.75) is 13.0 Å². The van der Waals surface area contributed by atoms with Crippen molar-refractivity contribution >= 4 is 17.6 Å². The Labute approximate surface area is 174 Å². The first-order valence-corrected chi connectivity index (χ1v) is 9.32. The summed E-state index contributed by atoms with van der Waals surface area (Å²) in [6.07, 6.45) is 1.53. The molecule has 0 radical (unpaired) electrons. The molecule has 152 valence electrons. The van der Waals surface area contributed by atoms with Gasteiger partial charge in [-0.25, -0.2) is 4.79 Å². The molecule has 0 saturated carbocycles. The van der Waals surface area contributed by atoms with Crippen LogP contribution >= 0.6 is 0 Å². The predicted octanol–water partition coefficient (Wildman–Crippen LogP) is 3.96. The summed E-state index contributed by atoms with van der Waals surface area (Å²) in [5, 5.41) is 8.85. The number of nitriles is 1.